The van der Waals surface area contributed by atoms with Crippen LogP contribution in [0, 0.1) is 11.6 Å². The molecule has 6 rings (SSSR count). The summed E-state index contributed by atoms with van der Waals surface area (Å²) < 4.78 is 36.2. The molecule has 3 amide bonds. The second-order valence-corrected chi connectivity index (χ2v) is 11.2. The highest BCUT2D eigenvalue weighted by molar-refractivity contribution is 6.00. The molecule has 2 aliphatic rings. The third-order valence-electron chi connectivity index (χ3n) is 8.10. The lowest BCUT2D eigenvalue weighted by molar-refractivity contribution is -0.118. The minimum Gasteiger partial charge on any atom is -0.370 e. The Kier molecular flexibility index (Phi) is 7.63. The number of halogens is 2. The number of nitrogens with two attached hydrogens (primary N) is 1. The Hall–Kier alpha value is -4.68. The topological polar surface area (TPSA) is 135 Å². The molecule has 2 saturated heterocycles. The van der Waals surface area contributed by atoms with Crippen LogP contribution in [0.4, 0.5) is 25.1 Å². The molecule has 2 aromatic heterocycles. The quantitative estimate of drug-likeness (QED) is 0.315. The highest BCUT2D eigenvalue weighted by atomic mass is 19.1. The molecule has 0 saturated carbocycles. The number of benzene rings is 2. The van der Waals surface area contributed by atoms with Crippen LogP contribution in [-0.2, 0) is 4.79 Å². The van der Waals surface area contributed by atoms with E-state index in [1.807, 2.05) is 18.7 Å². The maximum atomic E-state index is 15.5. The maximum Gasteiger partial charge on any atom is 0.324 e. The Balaban J connectivity index is 1.24. The zero-order valence-corrected chi connectivity index (χ0v) is 24.0. The number of piperidine rings is 1. The van der Waals surface area contributed by atoms with Crippen LogP contribution in [0.5, 0.6) is 0 Å². The lowest BCUT2D eigenvalue weighted by Gasteiger charge is -2.32. The molecule has 0 unspecified atom stereocenters. The summed E-state index contributed by atoms with van der Waals surface area (Å²) in [6.45, 7) is 6.08. The van der Waals surface area contributed by atoms with Crippen molar-refractivity contribution >= 4 is 34.3 Å². The molecule has 4 aromatic rings. The molecule has 2 aliphatic heterocycles. The predicted molar refractivity (Wildman–Crippen MR) is 156 cm³/mol. The average molecular weight is 591 g/mol. The molecule has 0 atom stereocenters. The second-order valence-electron chi connectivity index (χ2n) is 11.2. The number of primary amides is 1. The molecule has 11 nitrogen and oxygen atoms in total. The molecule has 2 fully saturated rings. The number of hydrogen-bond donors (Lipinski definition) is 1. The molecule has 0 bridgehead atoms. The van der Waals surface area contributed by atoms with Crippen LogP contribution < -0.4 is 15.5 Å². The number of amides is 3. The summed E-state index contributed by atoms with van der Waals surface area (Å²) in [7, 11) is 0. The van der Waals surface area contributed by atoms with Crippen molar-refractivity contribution in [3.63, 3.8) is 0 Å². The third-order valence-corrected chi connectivity index (χ3v) is 8.10. The Morgan fingerprint density at radius 1 is 1.07 bits per heavy atom. The third kappa shape index (κ3) is 5.46. The molecule has 0 aliphatic carbocycles. The largest absolute Gasteiger partial charge is 0.370 e. The van der Waals surface area contributed by atoms with Gasteiger partial charge in [0, 0.05) is 56.5 Å². The number of carbonyl (C=O) groups excluding carboxylic acids is 2. The van der Waals surface area contributed by atoms with E-state index in [4.69, 9.17) is 10.3 Å². The Bertz CT molecular complexity index is 1690. The lowest BCUT2D eigenvalue weighted by Crippen LogP contribution is -2.34. The first-order chi connectivity index (χ1) is 20.7. The zero-order chi connectivity index (χ0) is 30.2. The van der Waals surface area contributed by atoms with E-state index in [2.05, 4.69) is 20.1 Å². The molecule has 13 heteroatoms. The first kappa shape index (κ1) is 28.4. The summed E-state index contributed by atoms with van der Waals surface area (Å²) in [4.78, 5) is 42.2. The summed E-state index contributed by atoms with van der Waals surface area (Å²) in [6.07, 6.45) is 2.95. The van der Waals surface area contributed by atoms with Gasteiger partial charge >= 0.3 is 6.03 Å². The SMILES string of the molecule is CC(C)c1nc(C2CCN(c3ncnc4c(-c5ccc(N6CCN(CCC(N)=O)C6=O)c(F)c5)ccc(F)c34)CC2)no1. The monoisotopic (exact) mass is 590 g/mol. The Morgan fingerprint density at radius 2 is 1.86 bits per heavy atom. The summed E-state index contributed by atoms with van der Waals surface area (Å²) >= 11 is 0. The van der Waals surface area contributed by atoms with E-state index in [0.717, 1.165) is 12.8 Å². The Labute approximate surface area is 246 Å². The molecule has 0 spiro atoms. The summed E-state index contributed by atoms with van der Waals surface area (Å²) in [5.41, 5.74) is 6.73. The van der Waals surface area contributed by atoms with Crippen molar-refractivity contribution in [2.45, 2.75) is 44.9 Å². The van der Waals surface area contributed by atoms with Crippen LogP contribution in [0.3, 0.4) is 0 Å². The van der Waals surface area contributed by atoms with Gasteiger partial charge in [0.15, 0.2) is 5.82 Å². The van der Waals surface area contributed by atoms with Gasteiger partial charge in [-0.15, -0.1) is 0 Å². The summed E-state index contributed by atoms with van der Waals surface area (Å²) in [6, 6.07) is 7.07. The molecule has 43 heavy (non-hydrogen) atoms. The smallest absolute Gasteiger partial charge is 0.324 e. The predicted octanol–water partition coefficient (Wildman–Crippen LogP) is 4.58. The Morgan fingerprint density at radius 3 is 2.56 bits per heavy atom. The molecular weight excluding hydrogens is 558 g/mol. The van der Waals surface area contributed by atoms with E-state index < -0.39 is 17.5 Å². The van der Waals surface area contributed by atoms with Crippen molar-refractivity contribution in [2.75, 3.05) is 42.5 Å². The summed E-state index contributed by atoms with van der Waals surface area (Å²) in [5, 5.41) is 4.44. The molecular formula is C30H32F2N8O3. The fraction of sp³-hybridized carbons (Fsp3) is 0.400. The van der Waals surface area contributed by atoms with Crippen LogP contribution in [0.1, 0.15) is 56.7 Å². The van der Waals surface area contributed by atoms with Crippen LogP contribution in [0.15, 0.2) is 41.2 Å². The average Bonchev–Trinajstić information content (AvgIpc) is 3.64. The number of nitrogens with zero attached hydrogens (tertiary/aromatic N) is 7. The number of fused-ring (bicyclic) bond motifs is 1. The highest BCUT2D eigenvalue weighted by Crippen LogP contribution is 2.37. The first-order valence-corrected chi connectivity index (χ1v) is 14.4. The maximum absolute atomic E-state index is 15.5. The molecule has 2 aromatic carbocycles. The van der Waals surface area contributed by atoms with Crippen molar-refractivity contribution < 1.29 is 22.9 Å². The normalized spacial score (nSPS) is 16.2. The molecule has 224 valence electrons. The van der Waals surface area contributed by atoms with Crippen LogP contribution in [-0.4, -0.2) is 69.7 Å². The minimum atomic E-state index is -0.599. The lowest BCUT2D eigenvalue weighted by atomic mass is 9.95. The van der Waals surface area contributed by atoms with E-state index in [1.54, 1.807) is 12.1 Å². The standard InChI is InChI=1S/C30H32F2N8O3/c1-17(2)29-36-27(37-43-29)18-7-10-38(11-8-18)28-25-21(31)5-4-20(26(25)34-16-35-28)19-3-6-23(22(32)15-19)40-14-13-39(30(40)42)12-9-24(33)41/h3-6,15-18H,7-14H2,1-2H3,(H2,33,41). The van der Waals surface area contributed by atoms with Crippen molar-refractivity contribution in [1.29, 1.82) is 0 Å². The van der Waals surface area contributed by atoms with Gasteiger partial charge in [-0.25, -0.2) is 23.5 Å². The van der Waals surface area contributed by atoms with E-state index in [9.17, 15) is 9.59 Å². The molecule has 2 N–H and O–H groups in total. The van der Waals surface area contributed by atoms with Gasteiger partial charge in [-0.3, -0.25) is 9.69 Å². The van der Waals surface area contributed by atoms with Gasteiger partial charge in [0.25, 0.3) is 0 Å². The van der Waals surface area contributed by atoms with Gasteiger partial charge in [-0.1, -0.05) is 25.1 Å². The van der Waals surface area contributed by atoms with Crippen LogP contribution >= 0.6 is 0 Å². The van der Waals surface area contributed by atoms with Gasteiger partial charge in [-0.05, 0) is 42.7 Å². The number of hydrogen-bond acceptors (Lipinski definition) is 8. The fourth-order valence-electron chi connectivity index (χ4n) is 5.74. The van der Waals surface area contributed by atoms with Crippen LogP contribution in [0.2, 0.25) is 0 Å². The van der Waals surface area contributed by atoms with E-state index >= 15 is 8.78 Å². The van der Waals surface area contributed by atoms with Gasteiger partial charge in [0.05, 0.1) is 16.6 Å². The fourth-order valence-corrected chi connectivity index (χ4v) is 5.74. The van der Waals surface area contributed by atoms with Gasteiger partial charge in [-0.2, -0.15) is 4.98 Å². The number of carbonyl (C=O) groups is 2. The number of urea groups is 1. The van der Waals surface area contributed by atoms with Crippen molar-refractivity contribution in [3.8, 4) is 11.1 Å². The number of anilines is 2. The highest BCUT2D eigenvalue weighted by Gasteiger charge is 2.32. The number of aromatic nitrogens is 4. The second kappa shape index (κ2) is 11.5. The van der Waals surface area contributed by atoms with E-state index in [1.165, 1.54) is 34.3 Å². The van der Waals surface area contributed by atoms with Gasteiger partial charge < -0.3 is 20.1 Å². The van der Waals surface area contributed by atoms with E-state index in [0.29, 0.717) is 53.8 Å². The summed E-state index contributed by atoms with van der Waals surface area (Å²) in [5.74, 6) is 0.522. The van der Waals surface area contributed by atoms with Crippen LogP contribution in [0.25, 0.3) is 22.0 Å². The van der Waals surface area contributed by atoms with Gasteiger partial charge in [0.2, 0.25) is 11.8 Å². The molecule has 0 radical (unpaired) electrons. The zero-order valence-electron chi connectivity index (χ0n) is 24.0. The van der Waals surface area contributed by atoms with Crippen molar-refractivity contribution in [2.24, 2.45) is 5.73 Å². The number of rotatable bonds is 8. The minimum absolute atomic E-state index is 0.0401. The van der Waals surface area contributed by atoms with E-state index in [-0.39, 0.29) is 48.5 Å². The van der Waals surface area contributed by atoms with Gasteiger partial charge in [0.1, 0.15) is 23.8 Å². The van der Waals surface area contributed by atoms with Crippen molar-refractivity contribution in [3.05, 3.63) is 60.0 Å². The first-order valence-electron chi connectivity index (χ1n) is 14.4. The van der Waals surface area contributed by atoms with Crippen molar-refractivity contribution in [1.82, 2.24) is 25.0 Å². The molecule has 4 heterocycles.